The maximum Gasteiger partial charge on any atom is 0.326 e. The van der Waals surface area contributed by atoms with Crippen molar-refractivity contribution in [1.82, 2.24) is 0 Å². The zero-order valence-electron chi connectivity index (χ0n) is 8.40. The third-order valence-electron chi connectivity index (χ3n) is 2.77. The number of hydrogen-bond acceptors (Lipinski definition) is 2. The highest BCUT2D eigenvalue weighted by molar-refractivity contribution is 6.30. The fraction of sp³-hybridized carbons (Fsp3) is 0.364. The highest BCUT2D eigenvalue weighted by Crippen LogP contribution is 2.33. The Hall–Kier alpha value is -1.22. The number of hydrogen-bond donors (Lipinski definition) is 1. The molecule has 1 heterocycles. The number of aliphatic carboxylic acids is 1. The van der Waals surface area contributed by atoms with Gasteiger partial charge in [0, 0.05) is 23.7 Å². The minimum atomic E-state index is -0.774. The molecule has 2 rings (SSSR count). The van der Waals surface area contributed by atoms with Gasteiger partial charge in [0.1, 0.15) is 6.04 Å². The van der Waals surface area contributed by atoms with E-state index in [0.29, 0.717) is 18.0 Å². The molecular weight excluding hydrogens is 214 g/mol. The molecule has 1 aliphatic heterocycles. The fourth-order valence-electron chi connectivity index (χ4n) is 2.10. The quantitative estimate of drug-likeness (QED) is 0.839. The molecule has 15 heavy (non-hydrogen) atoms. The molecule has 1 aromatic rings. The summed E-state index contributed by atoms with van der Waals surface area (Å²) >= 11 is 5.88. The van der Waals surface area contributed by atoms with E-state index in [9.17, 15) is 4.79 Å². The van der Waals surface area contributed by atoms with E-state index in [4.69, 9.17) is 16.7 Å². The van der Waals surface area contributed by atoms with Crippen molar-refractivity contribution in [3.63, 3.8) is 0 Å². The number of likely N-dealkylation sites (N-methyl/N-ethyl adjacent to an activating group) is 1. The van der Waals surface area contributed by atoms with Gasteiger partial charge in [0.05, 0.1) is 0 Å². The lowest BCUT2D eigenvalue weighted by molar-refractivity contribution is -0.138. The fourth-order valence-corrected chi connectivity index (χ4v) is 2.29. The first kappa shape index (κ1) is 10.3. The van der Waals surface area contributed by atoms with Crippen LogP contribution in [0.4, 0.5) is 5.69 Å². The van der Waals surface area contributed by atoms with Crippen LogP contribution in [0.25, 0.3) is 0 Å². The normalized spacial score (nSPS) is 19.1. The summed E-state index contributed by atoms with van der Waals surface area (Å²) in [6.07, 6.45) is 0.541. The molecule has 3 nitrogen and oxygen atoms in total. The molecule has 80 valence electrons. The van der Waals surface area contributed by atoms with E-state index in [0.717, 1.165) is 11.3 Å². The van der Waals surface area contributed by atoms with Crippen LogP contribution < -0.4 is 4.90 Å². The summed E-state index contributed by atoms with van der Waals surface area (Å²) in [5.74, 6) is -0.774. The van der Waals surface area contributed by atoms with Crippen LogP contribution in [0.15, 0.2) is 18.2 Å². The SMILES string of the molecule is CCN1c2ccc(Cl)cc2CC1C(=O)O. The molecule has 0 amide bonds. The van der Waals surface area contributed by atoms with Gasteiger partial charge in [0.2, 0.25) is 0 Å². The topological polar surface area (TPSA) is 40.5 Å². The number of fused-ring (bicyclic) bond motifs is 1. The highest BCUT2D eigenvalue weighted by Gasteiger charge is 2.33. The van der Waals surface area contributed by atoms with Crippen molar-refractivity contribution in [2.24, 2.45) is 0 Å². The summed E-state index contributed by atoms with van der Waals surface area (Å²) in [6.45, 7) is 2.66. The Morgan fingerprint density at radius 1 is 1.67 bits per heavy atom. The first-order chi connectivity index (χ1) is 7.13. The molecule has 0 saturated carbocycles. The first-order valence-electron chi connectivity index (χ1n) is 4.91. The highest BCUT2D eigenvalue weighted by atomic mass is 35.5. The van der Waals surface area contributed by atoms with Gasteiger partial charge in [-0.05, 0) is 30.7 Å². The number of nitrogens with zero attached hydrogens (tertiary/aromatic N) is 1. The van der Waals surface area contributed by atoms with E-state index in [2.05, 4.69) is 0 Å². The molecular formula is C11H12ClNO2. The van der Waals surface area contributed by atoms with Crippen molar-refractivity contribution in [3.05, 3.63) is 28.8 Å². The van der Waals surface area contributed by atoms with Crippen LogP contribution in [0, 0.1) is 0 Å². The van der Waals surface area contributed by atoms with Gasteiger partial charge in [-0.2, -0.15) is 0 Å². The Balaban J connectivity index is 2.41. The summed E-state index contributed by atoms with van der Waals surface area (Å²) in [6, 6.07) is 5.10. The van der Waals surface area contributed by atoms with Crippen molar-refractivity contribution in [1.29, 1.82) is 0 Å². The lowest BCUT2D eigenvalue weighted by Crippen LogP contribution is -2.38. The second kappa shape index (κ2) is 3.74. The summed E-state index contributed by atoms with van der Waals surface area (Å²) in [5, 5.41) is 9.74. The lowest BCUT2D eigenvalue weighted by atomic mass is 10.1. The molecule has 1 atom stereocenters. The molecule has 1 aromatic carbocycles. The van der Waals surface area contributed by atoms with Gasteiger partial charge >= 0.3 is 5.97 Å². The molecule has 1 aliphatic rings. The zero-order valence-corrected chi connectivity index (χ0v) is 9.16. The van der Waals surface area contributed by atoms with Crippen LogP contribution in [0.2, 0.25) is 5.02 Å². The van der Waals surface area contributed by atoms with Crippen molar-refractivity contribution in [2.75, 3.05) is 11.4 Å². The maximum atomic E-state index is 11.0. The standard InChI is InChI=1S/C11H12ClNO2/c1-2-13-9-4-3-8(12)5-7(9)6-10(13)11(14)15/h3-5,10H,2,6H2,1H3,(H,14,15). The third kappa shape index (κ3) is 1.67. The predicted molar refractivity (Wildman–Crippen MR) is 59.6 cm³/mol. The second-order valence-corrected chi connectivity index (χ2v) is 4.05. The van der Waals surface area contributed by atoms with Crippen molar-refractivity contribution in [3.8, 4) is 0 Å². The minimum absolute atomic E-state index is 0.441. The number of carboxylic acid groups (broad SMARTS) is 1. The zero-order chi connectivity index (χ0) is 11.0. The predicted octanol–water partition coefficient (Wildman–Crippen LogP) is 2.18. The molecule has 0 saturated heterocycles. The van der Waals surface area contributed by atoms with Crippen molar-refractivity contribution >= 4 is 23.3 Å². The molecule has 0 aromatic heterocycles. The summed E-state index contributed by atoms with van der Waals surface area (Å²) in [4.78, 5) is 12.9. The molecule has 0 bridgehead atoms. The average molecular weight is 226 g/mol. The van der Waals surface area contributed by atoms with Gasteiger partial charge in [-0.3, -0.25) is 0 Å². The van der Waals surface area contributed by atoms with Gasteiger partial charge in [0.25, 0.3) is 0 Å². The van der Waals surface area contributed by atoms with E-state index < -0.39 is 12.0 Å². The number of carboxylic acids is 1. The van der Waals surface area contributed by atoms with Crippen molar-refractivity contribution in [2.45, 2.75) is 19.4 Å². The number of halogens is 1. The average Bonchev–Trinajstić information content (AvgIpc) is 2.55. The van der Waals surface area contributed by atoms with Crippen LogP contribution >= 0.6 is 11.6 Å². The minimum Gasteiger partial charge on any atom is -0.480 e. The van der Waals surface area contributed by atoms with Crippen LogP contribution in [0.1, 0.15) is 12.5 Å². The summed E-state index contributed by atoms with van der Waals surface area (Å²) < 4.78 is 0. The van der Waals surface area contributed by atoms with E-state index >= 15 is 0 Å². The summed E-state index contributed by atoms with van der Waals surface area (Å²) in [7, 11) is 0. The van der Waals surface area contributed by atoms with Gasteiger partial charge in [-0.15, -0.1) is 0 Å². The first-order valence-corrected chi connectivity index (χ1v) is 5.29. The number of carbonyl (C=O) groups is 1. The molecule has 0 spiro atoms. The molecule has 0 radical (unpaired) electrons. The number of benzene rings is 1. The Morgan fingerprint density at radius 2 is 2.40 bits per heavy atom. The second-order valence-electron chi connectivity index (χ2n) is 3.62. The summed E-state index contributed by atoms with van der Waals surface area (Å²) in [5.41, 5.74) is 2.02. The van der Waals surface area contributed by atoms with Gasteiger partial charge in [0.15, 0.2) is 0 Å². The van der Waals surface area contributed by atoms with Crippen LogP contribution in [-0.2, 0) is 11.2 Å². The van der Waals surface area contributed by atoms with E-state index in [1.165, 1.54) is 0 Å². The maximum absolute atomic E-state index is 11.0. The Bertz CT molecular complexity index is 406. The van der Waals surface area contributed by atoms with E-state index in [-0.39, 0.29) is 0 Å². The molecule has 1 N–H and O–H groups in total. The number of anilines is 1. The molecule has 1 unspecified atom stereocenters. The molecule has 0 aliphatic carbocycles. The van der Waals surface area contributed by atoms with Crippen LogP contribution in [0.3, 0.4) is 0 Å². The monoisotopic (exact) mass is 225 g/mol. The Morgan fingerprint density at radius 3 is 3.00 bits per heavy atom. The number of rotatable bonds is 2. The third-order valence-corrected chi connectivity index (χ3v) is 3.00. The smallest absolute Gasteiger partial charge is 0.326 e. The van der Waals surface area contributed by atoms with Gasteiger partial charge in [-0.25, -0.2) is 4.79 Å². The lowest BCUT2D eigenvalue weighted by Gasteiger charge is -2.22. The largest absolute Gasteiger partial charge is 0.480 e. The van der Waals surface area contributed by atoms with E-state index in [1.54, 1.807) is 6.07 Å². The van der Waals surface area contributed by atoms with Crippen LogP contribution in [-0.4, -0.2) is 23.7 Å². The van der Waals surface area contributed by atoms with E-state index in [1.807, 2.05) is 24.0 Å². The molecule has 0 fully saturated rings. The van der Waals surface area contributed by atoms with Gasteiger partial charge in [-0.1, -0.05) is 11.6 Å². The Labute approximate surface area is 93.3 Å². The Kier molecular flexibility index (Phi) is 2.57. The van der Waals surface area contributed by atoms with Gasteiger partial charge < -0.3 is 10.0 Å². The van der Waals surface area contributed by atoms with Crippen molar-refractivity contribution < 1.29 is 9.90 Å². The van der Waals surface area contributed by atoms with Crippen LogP contribution in [0.5, 0.6) is 0 Å². The molecule has 4 heteroatoms.